The molecule has 1 amide bonds. The molecule has 7 nitrogen and oxygen atoms in total. The Morgan fingerprint density at radius 1 is 1.07 bits per heavy atom. The Bertz CT molecular complexity index is 817. The Morgan fingerprint density at radius 3 is 2.38 bits per heavy atom. The number of carbonyl (C=O) groups is 1. The molecular formula is C21H29IN4O3. The number of hydrogen-bond donors (Lipinski definition) is 3. The molecule has 4 N–H and O–H groups in total. The van der Waals surface area contributed by atoms with Crippen LogP contribution in [-0.4, -0.2) is 31.3 Å². The van der Waals surface area contributed by atoms with Gasteiger partial charge in [-0.25, -0.2) is 4.79 Å². The maximum absolute atomic E-state index is 11.8. The lowest BCUT2D eigenvalue weighted by Crippen LogP contribution is -2.27. The maximum Gasteiger partial charge on any atom is 0.412 e. The van der Waals surface area contributed by atoms with Gasteiger partial charge < -0.3 is 20.5 Å². The van der Waals surface area contributed by atoms with Crippen molar-refractivity contribution >= 4 is 47.4 Å². The Morgan fingerprint density at radius 2 is 1.76 bits per heavy atom. The second-order valence-corrected chi connectivity index (χ2v) is 7.20. The minimum atomic E-state index is -0.527. The number of halogens is 1. The van der Waals surface area contributed by atoms with Gasteiger partial charge in [0.2, 0.25) is 0 Å². The Kier molecular flexibility index (Phi) is 9.73. The van der Waals surface area contributed by atoms with Crippen molar-refractivity contribution < 1.29 is 14.3 Å². The summed E-state index contributed by atoms with van der Waals surface area (Å²) in [5.74, 6) is 1.09. The molecule has 0 fully saturated rings. The van der Waals surface area contributed by atoms with E-state index in [0.29, 0.717) is 18.2 Å². The second-order valence-electron chi connectivity index (χ2n) is 7.20. The van der Waals surface area contributed by atoms with Crippen molar-refractivity contribution in [1.29, 1.82) is 0 Å². The third kappa shape index (κ3) is 9.51. The van der Waals surface area contributed by atoms with Crippen LogP contribution in [0.25, 0.3) is 0 Å². The van der Waals surface area contributed by atoms with E-state index in [1.165, 1.54) is 0 Å². The third-order valence-corrected chi connectivity index (χ3v) is 3.62. The van der Waals surface area contributed by atoms with Crippen molar-refractivity contribution in [3.63, 3.8) is 0 Å². The van der Waals surface area contributed by atoms with Gasteiger partial charge in [0, 0.05) is 24.0 Å². The minimum absolute atomic E-state index is 0. The predicted octanol–water partition coefficient (Wildman–Crippen LogP) is 4.63. The fourth-order valence-electron chi connectivity index (χ4n) is 2.37. The molecule has 8 heteroatoms. The lowest BCUT2D eigenvalue weighted by molar-refractivity contribution is 0.0636. The van der Waals surface area contributed by atoms with E-state index in [-0.39, 0.29) is 24.0 Å². The first-order valence-corrected chi connectivity index (χ1v) is 9.05. The first-order valence-electron chi connectivity index (χ1n) is 9.05. The highest BCUT2D eigenvalue weighted by molar-refractivity contribution is 14.0. The molecule has 2 rings (SSSR count). The Labute approximate surface area is 189 Å². The van der Waals surface area contributed by atoms with Crippen molar-refractivity contribution in [1.82, 2.24) is 0 Å². The van der Waals surface area contributed by atoms with E-state index in [0.717, 1.165) is 23.4 Å². The molecule has 0 heterocycles. The summed E-state index contributed by atoms with van der Waals surface area (Å²) < 4.78 is 10.4. The lowest BCUT2D eigenvalue weighted by atomic mass is 10.1. The summed E-state index contributed by atoms with van der Waals surface area (Å²) in [7, 11) is 1.62. The molecule has 0 unspecified atom stereocenters. The average Bonchev–Trinajstić information content (AvgIpc) is 2.61. The van der Waals surface area contributed by atoms with E-state index < -0.39 is 11.7 Å². The summed E-state index contributed by atoms with van der Waals surface area (Å²) in [6.45, 7) is 6.02. The molecule has 2 aromatic rings. The highest BCUT2D eigenvalue weighted by Crippen LogP contribution is 2.16. The number of hydrogen-bond acceptors (Lipinski definition) is 4. The van der Waals surface area contributed by atoms with Crippen molar-refractivity contribution in [3.8, 4) is 5.75 Å². The van der Waals surface area contributed by atoms with Crippen molar-refractivity contribution in [3.05, 3.63) is 54.1 Å². The van der Waals surface area contributed by atoms with Gasteiger partial charge in [0.15, 0.2) is 5.96 Å². The van der Waals surface area contributed by atoms with Gasteiger partial charge in [0.1, 0.15) is 11.4 Å². The summed E-state index contributed by atoms with van der Waals surface area (Å²) >= 11 is 0. The number of aliphatic imine (C=N–C) groups is 1. The van der Waals surface area contributed by atoms with Crippen LogP contribution in [0, 0.1) is 0 Å². The van der Waals surface area contributed by atoms with Crippen LogP contribution in [-0.2, 0) is 11.2 Å². The van der Waals surface area contributed by atoms with Crippen molar-refractivity contribution in [2.45, 2.75) is 32.8 Å². The van der Waals surface area contributed by atoms with Gasteiger partial charge in [0.25, 0.3) is 0 Å². The van der Waals surface area contributed by atoms with E-state index in [2.05, 4.69) is 15.6 Å². The summed E-state index contributed by atoms with van der Waals surface area (Å²) in [4.78, 5) is 16.1. The first-order chi connectivity index (χ1) is 13.2. The molecule has 0 aliphatic heterocycles. The molecule has 0 radical (unpaired) electrons. The lowest BCUT2D eigenvalue weighted by Gasteiger charge is -2.19. The topological polar surface area (TPSA) is 98.0 Å². The Balaban J connectivity index is 0.00000420. The zero-order chi connectivity index (χ0) is 20.6. The Hall–Kier alpha value is -2.49. The zero-order valence-corrected chi connectivity index (χ0v) is 19.5. The predicted molar refractivity (Wildman–Crippen MR) is 129 cm³/mol. The van der Waals surface area contributed by atoms with Gasteiger partial charge in [-0.3, -0.25) is 10.3 Å². The molecule has 2 aromatic carbocycles. The van der Waals surface area contributed by atoms with E-state index in [1.54, 1.807) is 7.11 Å². The standard InChI is InChI=1S/C21H28N4O3.HI/c1-21(2,3)28-20(26)25-16-10-8-15(9-11-16)12-13-23-19(22)24-17-6-5-7-18(14-17)27-4;/h5-11,14H,12-13H2,1-4H3,(H,25,26)(H3,22,23,24);1H. The van der Waals surface area contributed by atoms with Gasteiger partial charge in [-0.15, -0.1) is 24.0 Å². The third-order valence-electron chi connectivity index (χ3n) is 3.62. The molecule has 0 spiro atoms. The number of carbonyl (C=O) groups excluding carboxylic acids is 1. The number of anilines is 2. The van der Waals surface area contributed by atoms with Crippen LogP contribution < -0.4 is 21.1 Å². The monoisotopic (exact) mass is 512 g/mol. The minimum Gasteiger partial charge on any atom is -0.497 e. The summed E-state index contributed by atoms with van der Waals surface area (Å²) in [5.41, 5.74) is 7.99. The van der Waals surface area contributed by atoms with Crippen LogP contribution in [0.15, 0.2) is 53.5 Å². The molecular weight excluding hydrogens is 483 g/mol. The van der Waals surface area contributed by atoms with Crippen molar-refractivity contribution in [2.24, 2.45) is 10.7 Å². The summed E-state index contributed by atoms with van der Waals surface area (Å²) in [6, 6.07) is 15.0. The summed E-state index contributed by atoms with van der Waals surface area (Å²) in [5, 5.41) is 5.75. The first kappa shape index (κ1) is 24.5. The summed E-state index contributed by atoms with van der Waals surface area (Å²) in [6.07, 6.45) is 0.258. The fraction of sp³-hybridized carbons (Fsp3) is 0.333. The van der Waals surface area contributed by atoms with Gasteiger partial charge in [-0.2, -0.15) is 0 Å². The SMILES string of the molecule is COc1cccc(NC(N)=NCCc2ccc(NC(=O)OC(C)(C)C)cc2)c1.I. The molecule has 0 aromatic heterocycles. The smallest absolute Gasteiger partial charge is 0.412 e. The van der Waals surface area contributed by atoms with E-state index in [4.69, 9.17) is 15.2 Å². The largest absolute Gasteiger partial charge is 0.497 e. The highest BCUT2D eigenvalue weighted by Gasteiger charge is 2.16. The number of guanidine groups is 1. The molecule has 0 aliphatic carbocycles. The number of benzene rings is 2. The normalized spacial score (nSPS) is 11.2. The molecule has 158 valence electrons. The van der Waals surface area contributed by atoms with Crippen LogP contribution >= 0.6 is 24.0 Å². The molecule has 0 aliphatic rings. The quantitative estimate of drug-likeness (QED) is 0.298. The van der Waals surface area contributed by atoms with Gasteiger partial charge in [-0.1, -0.05) is 18.2 Å². The van der Waals surface area contributed by atoms with Gasteiger partial charge in [-0.05, 0) is 57.0 Å². The second kappa shape index (κ2) is 11.5. The van der Waals surface area contributed by atoms with E-state index in [1.807, 2.05) is 69.3 Å². The number of nitrogens with one attached hydrogen (secondary N) is 2. The van der Waals surface area contributed by atoms with Crippen LogP contribution in [0.1, 0.15) is 26.3 Å². The number of nitrogens with two attached hydrogens (primary N) is 1. The zero-order valence-electron chi connectivity index (χ0n) is 17.2. The number of methoxy groups -OCH3 is 1. The van der Waals surface area contributed by atoms with Crippen LogP contribution in [0.2, 0.25) is 0 Å². The number of nitrogens with zero attached hydrogens (tertiary/aromatic N) is 1. The number of amides is 1. The van der Waals surface area contributed by atoms with Crippen LogP contribution in [0.3, 0.4) is 0 Å². The maximum atomic E-state index is 11.8. The number of ether oxygens (including phenoxy) is 2. The molecule has 29 heavy (non-hydrogen) atoms. The van der Waals surface area contributed by atoms with Crippen molar-refractivity contribution in [2.75, 3.05) is 24.3 Å². The van der Waals surface area contributed by atoms with Crippen LogP contribution in [0.4, 0.5) is 16.2 Å². The van der Waals surface area contributed by atoms with E-state index in [9.17, 15) is 4.79 Å². The highest BCUT2D eigenvalue weighted by atomic mass is 127. The number of rotatable bonds is 6. The van der Waals surface area contributed by atoms with E-state index >= 15 is 0 Å². The molecule has 0 saturated carbocycles. The molecule has 0 bridgehead atoms. The molecule has 0 atom stereocenters. The van der Waals surface area contributed by atoms with Crippen LogP contribution in [0.5, 0.6) is 5.75 Å². The van der Waals surface area contributed by atoms with Gasteiger partial charge in [0.05, 0.1) is 7.11 Å². The van der Waals surface area contributed by atoms with Gasteiger partial charge >= 0.3 is 6.09 Å². The molecule has 0 saturated heterocycles. The fourth-order valence-corrected chi connectivity index (χ4v) is 2.37. The average molecular weight is 512 g/mol.